The van der Waals surface area contributed by atoms with Crippen LogP contribution in [0.15, 0.2) is 42.5 Å². The molecule has 0 spiro atoms. The number of primary amides is 1. The number of rotatable bonds is 7. The Balaban J connectivity index is 2.34. The maximum Gasteiger partial charge on any atom is 0.255 e. The van der Waals surface area contributed by atoms with E-state index in [1.807, 2.05) is 6.92 Å². The normalized spacial score (nSPS) is 10.8. The second-order valence-electron chi connectivity index (χ2n) is 5.07. The lowest BCUT2D eigenvalue weighted by molar-refractivity contribution is -0.119. The molecule has 0 atom stereocenters. The smallest absolute Gasteiger partial charge is 0.255 e. The summed E-state index contributed by atoms with van der Waals surface area (Å²) < 4.78 is 10.9. The van der Waals surface area contributed by atoms with Crippen LogP contribution in [0.2, 0.25) is 5.02 Å². The standard InChI is InChI=1S/C19H17ClN2O3/c1-2-24-18-10-13(3-8-17(18)25-12-19(22)23)9-15(11-21)14-4-6-16(20)7-5-14/h3-10H,2,12H2,1H3,(H2,22,23). The Bertz CT molecular complexity index is 824. The van der Waals surface area contributed by atoms with E-state index in [4.69, 9.17) is 26.8 Å². The number of halogens is 1. The monoisotopic (exact) mass is 356 g/mol. The molecule has 0 aliphatic rings. The van der Waals surface area contributed by atoms with Crippen LogP contribution in [0, 0.1) is 11.3 Å². The zero-order valence-corrected chi connectivity index (χ0v) is 14.4. The fraction of sp³-hybridized carbons (Fsp3) is 0.158. The summed E-state index contributed by atoms with van der Waals surface area (Å²) in [4.78, 5) is 10.9. The van der Waals surface area contributed by atoms with Crippen LogP contribution >= 0.6 is 11.6 Å². The minimum Gasteiger partial charge on any atom is -0.490 e. The molecule has 0 fully saturated rings. The lowest BCUT2D eigenvalue weighted by Crippen LogP contribution is -2.20. The van der Waals surface area contributed by atoms with Crippen molar-refractivity contribution in [1.82, 2.24) is 0 Å². The van der Waals surface area contributed by atoms with Crippen LogP contribution in [-0.2, 0) is 4.79 Å². The lowest BCUT2D eigenvalue weighted by atomic mass is 10.0. The van der Waals surface area contributed by atoms with Crippen molar-refractivity contribution in [2.45, 2.75) is 6.92 Å². The molecule has 2 aromatic rings. The van der Waals surface area contributed by atoms with E-state index < -0.39 is 5.91 Å². The second kappa shape index (κ2) is 8.76. The summed E-state index contributed by atoms with van der Waals surface area (Å²) in [6.07, 6.45) is 1.74. The fourth-order valence-electron chi connectivity index (χ4n) is 2.13. The van der Waals surface area contributed by atoms with E-state index in [1.54, 1.807) is 48.5 Å². The Morgan fingerprint density at radius 2 is 1.92 bits per heavy atom. The molecule has 5 nitrogen and oxygen atoms in total. The molecule has 0 aliphatic carbocycles. The zero-order chi connectivity index (χ0) is 18.2. The van der Waals surface area contributed by atoms with Crippen LogP contribution in [0.5, 0.6) is 11.5 Å². The van der Waals surface area contributed by atoms with Crippen molar-refractivity contribution in [2.75, 3.05) is 13.2 Å². The first-order valence-electron chi connectivity index (χ1n) is 7.59. The number of hydrogen-bond acceptors (Lipinski definition) is 4. The molecule has 0 unspecified atom stereocenters. The van der Waals surface area contributed by atoms with Gasteiger partial charge in [0.25, 0.3) is 5.91 Å². The fourth-order valence-corrected chi connectivity index (χ4v) is 2.25. The maximum atomic E-state index is 10.9. The van der Waals surface area contributed by atoms with E-state index in [0.29, 0.717) is 28.7 Å². The molecule has 0 saturated carbocycles. The second-order valence-corrected chi connectivity index (χ2v) is 5.51. The van der Waals surface area contributed by atoms with Gasteiger partial charge in [0.2, 0.25) is 0 Å². The molecule has 0 aliphatic heterocycles. The predicted molar refractivity (Wildman–Crippen MR) is 97.2 cm³/mol. The average Bonchev–Trinajstić information content (AvgIpc) is 2.60. The van der Waals surface area contributed by atoms with Gasteiger partial charge in [0, 0.05) is 5.02 Å². The van der Waals surface area contributed by atoms with Crippen molar-refractivity contribution >= 4 is 29.2 Å². The molecule has 0 heterocycles. The molecule has 128 valence electrons. The quantitative estimate of drug-likeness (QED) is 0.606. The highest BCUT2D eigenvalue weighted by Crippen LogP contribution is 2.30. The molecule has 0 saturated heterocycles. The number of hydrogen-bond donors (Lipinski definition) is 1. The first-order valence-corrected chi connectivity index (χ1v) is 7.97. The van der Waals surface area contributed by atoms with Crippen molar-refractivity contribution in [3.8, 4) is 17.6 Å². The number of nitrogens with zero attached hydrogens (tertiary/aromatic N) is 1. The SMILES string of the molecule is CCOc1cc(C=C(C#N)c2ccc(Cl)cc2)ccc1OCC(N)=O. The summed E-state index contributed by atoms with van der Waals surface area (Å²) in [5.41, 5.74) is 7.11. The van der Waals surface area contributed by atoms with Crippen LogP contribution in [0.1, 0.15) is 18.1 Å². The van der Waals surface area contributed by atoms with Crippen LogP contribution in [0.4, 0.5) is 0 Å². The number of allylic oxidation sites excluding steroid dienone is 1. The highest BCUT2D eigenvalue weighted by Gasteiger charge is 2.08. The van der Waals surface area contributed by atoms with Gasteiger partial charge in [-0.3, -0.25) is 4.79 Å². The van der Waals surface area contributed by atoms with E-state index >= 15 is 0 Å². The van der Waals surface area contributed by atoms with Crippen molar-refractivity contribution in [1.29, 1.82) is 5.26 Å². The Morgan fingerprint density at radius 1 is 1.20 bits per heavy atom. The van der Waals surface area contributed by atoms with E-state index in [0.717, 1.165) is 11.1 Å². The van der Waals surface area contributed by atoms with Crippen LogP contribution in [0.3, 0.4) is 0 Å². The molecule has 25 heavy (non-hydrogen) atoms. The highest BCUT2D eigenvalue weighted by atomic mass is 35.5. The zero-order valence-electron chi connectivity index (χ0n) is 13.7. The van der Waals surface area contributed by atoms with E-state index in [9.17, 15) is 10.1 Å². The first kappa shape index (κ1) is 18.4. The number of benzene rings is 2. The van der Waals surface area contributed by atoms with Gasteiger partial charge in [-0.25, -0.2) is 0 Å². The summed E-state index contributed by atoms with van der Waals surface area (Å²) in [7, 11) is 0. The minimum atomic E-state index is -0.569. The molecule has 1 amide bonds. The van der Waals surface area contributed by atoms with Crippen molar-refractivity contribution < 1.29 is 14.3 Å². The third kappa shape index (κ3) is 5.27. The Labute approximate surface area is 151 Å². The summed E-state index contributed by atoms with van der Waals surface area (Å²) in [5, 5.41) is 10.0. The average molecular weight is 357 g/mol. The summed E-state index contributed by atoms with van der Waals surface area (Å²) >= 11 is 5.88. The molecular weight excluding hydrogens is 340 g/mol. The predicted octanol–water partition coefficient (Wildman–Crippen LogP) is 3.67. The van der Waals surface area contributed by atoms with Gasteiger partial charge < -0.3 is 15.2 Å². The number of carbonyl (C=O) groups is 1. The minimum absolute atomic E-state index is 0.233. The Kier molecular flexibility index (Phi) is 6.44. The molecular formula is C19H17ClN2O3. The van der Waals surface area contributed by atoms with Gasteiger partial charge in [-0.15, -0.1) is 0 Å². The molecule has 0 radical (unpaired) electrons. The number of ether oxygens (including phenoxy) is 2. The van der Waals surface area contributed by atoms with E-state index in [1.165, 1.54) is 0 Å². The van der Waals surface area contributed by atoms with Gasteiger partial charge in [0.05, 0.1) is 18.2 Å². The van der Waals surface area contributed by atoms with Crippen LogP contribution in [0.25, 0.3) is 11.6 Å². The van der Waals surface area contributed by atoms with Crippen molar-refractivity contribution in [2.24, 2.45) is 5.73 Å². The summed E-state index contributed by atoms with van der Waals surface area (Å²) in [5.74, 6) is 0.328. The Morgan fingerprint density at radius 3 is 2.52 bits per heavy atom. The van der Waals surface area contributed by atoms with Crippen LogP contribution in [-0.4, -0.2) is 19.1 Å². The molecule has 0 aromatic heterocycles. The maximum absolute atomic E-state index is 10.9. The Hall–Kier alpha value is -2.97. The first-order chi connectivity index (χ1) is 12.0. The van der Waals surface area contributed by atoms with Gasteiger partial charge in [0.1, 0.15) is 0 Å². The van der Waals surface area contributed by atoms with E-state index in [-0.39, 0.29) is 6.61 Å². The molecule has 2 rings (SSSR count). The molecule has 6 heteroatoms. The van der Waals surface area contributed by atoms with Crippen molar-refractivity contribution in [3.63, 3.8) is 0 Å². The van der Waals surface area contributed by atoms with Gasteiger partial charge in [-0.1, -0.05) is 29.8 Å². The van der Waals surface area contributed by atoms with Gasteiger partial charge >= 0.3 is 0 Å². The molecule has 2 aromatic carbocycles. The topological polar surface area (TPSA) is 85.3 Å². The third-order valence-corrected chi connectivity index (χ3v) is 3.48. The number of nitrogens with two attached hydrogens (primary N) is 1. The number of amides is 1. The van der Waals surface area contributed by atoms with E-state index in [2.05, 4.69) is 6.07 Å². The summed E-state index contributed by atoms with van der Waals surface area (Å²) in [6, 6.07) is 14.4. The number of nitriles is 1. The third-order valence-electron chi connectivity index (χ3n) is 3.22. The van der Waals surface area contributed by atoms with Gasteiger partial charge in [-0.05, 0) is 48.4 Å². The van der Waals surface area contributed by atoms with Crippen LogP contribution < -0.4 is 15.2 Å². The highest BCUT2D eigenvalue weighted by molar-refractivity contribution is 6.30. The van der Waals surface area contributed by atoms with Gasteiger partial charge in [0.15, 0.2) is 18.1 Å². The summed E-state index contributed by atoms with van der Waals surface area (Å²) in [6.45, 7) is 2.04. The largest absolute Gasteiger partial charge is 0.490 e. The lowest BCUT2D eigenvalue weighted by Gasteiger charge is -2.11. The molecule has 2 N–H and O–H groups in total. The van der Waals surface area contributed by atoms with Gasteiger partial charge in [-0.2, -0.15) is 5.26 Å². The molecule has 0 bridgehead atoms. The number of carbonyl (C=O) groups excluding carboxylic acids is 1. The van der Waals surface area contributed by atoms with Crippen molar-refractivity contribution in [3.05, 3.63) is 58.6 Å².